The van der Waals surface area contributed by atoms with Gasteiger partial charge in [-0.15, -0.1) is 0 Å². The highest BCUT2D eigenvalue weighted by Gasteiger charge is 2.00. The van der Waals surface area contributed by atoms with Crippen molar-refractivity contribution in [3.63, 3.8) is 0 Å². The first kappa shape index (κ1) is 8.68. The number of hydrogen-bond acceptors (Lipinski definition) is 2. The van der Waals surface area contributed by atoms with Gasteiger partial charge in [-0.05, 0) is 6.42 Å². The summed E-state index contributed by atoms with van der Waals surface area (Å²) in [6.07, 6.45) is 1.73. The molecule has 0 radical (unpaired) electrons. The van der Waals surface area contributed by atoms with Crippen LogP contribution in [-0.4, -0.2) is 14.2 Å². The topological polar surface area (TPSA) is 34.1 Å². The molecule has 0 aromatic heterocycles. The van der Waals surface area contributed by atoms with Crippen LogP contribution in [0.15, 0.2) is 0 Å². The van der Waals surface area contributed by atoms with E-state index in [4.69, 9.17) is 0 Å². The van der Waals surface area contributed by atoms with Crippen molar-refractivity contribution in [3.05, 3.63) is 0 Å². The van der Waals surface area contributed by atoms with Crippen molar-refractivity contribution < 1.29 is 8.42 Å². The molecule has 8 heavy (non-hydrogen) atoms. The zero-order valence-corrected chi connectivity index (χ0v) is 7.70. The van der Waals surface area contributed by atoms with Crippen LogP contribution in [-0.2, 0) is 7.01 Å². The third-order valence-corrected chi connectivity index (χ3v) is 2.84. The molecule has 0 aliphatic carbocycles. The van der Waals surface area contributed by atoms with Gasteiger partial charge in [0.1, 0.15) is 0 Å². The highest BCUT2D eigenvalue weighted by molar-refractivity contribution is 14.2. The second-order valence-corrected chi connectivity index (χ2v) is 7.11. The van der Waals surface area contributed by atoms with E-state index in [1.807, 2.05) is 6.92 Å². The minimum atomic E-state index is -2.72. The fourth-order valence-corrected chi connectivity index (χ4v) is 1.88. The third kappa shape index (κ3) is 6.68. The second kappa shape index (κ2) is 3.66. The summed E-state index contributed by atoms with van der Waals surface area (Å²) in [6, 6.07) is 0. The van der Waals surface area contributed by atoms with Crippen LogP contribution in [0.3, 0.4) is 0 Å². The van der Waals surface area contributed by atoms with E-state index in [9.17, 15) is 8.42 Å². The smallest absolute Gasteiger partial charge is 0.203 e. The molecule has 4 heteroatoms. The lowest BCUT2D eigenvalue weighted by Crippen LogP contribution is -1.94. The van der Waals surface area contributed by atoms with Crippen molar-refractivity contribution in [1.82, 2.24) is 0 Å². The van der Waals surface area contributed by atoms with Gasteiger partial charge in [-0.3, -0.25) is 0 Å². The number of hydrogen-bond donors (Lipinski definition) is 0. The van der Waals surface area contributed by atoms with Gasteiger partial charge >= 0.3 is 0 Å². The first-order valence-electron chi connectivity index (χ1n) is 2.48. The summed E-state index contributed by atoms with van der Waals surface area (Å²) in [4.78, 5) is 0. The zero-order chi connectivity index (χ0) is 6.62. The predicted octanol–water partition coefficient (Wildman–Crippen LogP) is 1.55. The molecule has 0 aliphatic rings. The molecule has 0 aromatic carbocycles. The van der Waals surface area contributed by atoms with Gasteiger partial charge in [-0.1, -0.05) is 13.3 Å². The van der Waals surface area contributed by atoms with Crippen LogP contribution >= 0.6 is 21.2 Å². The fraction of sp³-hybridized carbons (Fsp3) is 1.00. The summed E-state index contributed by atoms with van der Waals surface area (Å²) in [5.74, 6) is 0.323. The SMILES string of the molecule is CCCCS(=O)(=O)I. The molecule has 0 aliphatic heterocycles. The summed E-state index contributed by atoms with van der Waals surface area (Å²) in [7, 11) is -2.72. The van der Waals surface area contributed by atoms with Crippen LogP contribution in [0.2, 0.25) is 0 Å². The summed E-state index contributed by atoms with van der Waals surface area (Å²) in [5.41, 5.74) is 0. The van der Waals surface area contributed by atoms with Crippen LogP contribution in [0, 0.1) is 0 Å². The lowest BCUT2D eigenvalue weighted by molar-refractivity contribution is 0.609. The summed E-state index contributed by atoms with van der Waals surface area (Å²) >= 11 is 1.47. The van der Waals surface area contributed by atoms with E-state index in [0.29, 0.717) is 5.75 Å². The van der Waals surface area contributed by atoms with Gasteiger partial charge in [0.25, 0.3) is 0 Å². The number of rotatable bonds is 3. The Kier molecular flexibility index (Phi) is 3.97. The van der Waals surface area contributed by atoms with E-state index in [1.54, 1.807) is 0 Å². The standard InChI is InChI=1S/C4H9IO2S/c1-2-3-4-8(5,6)7/h2-4H2,1H3. The van der Waals surface area contributed by atoms with Gasteiger partial charge < -0.3 is 0 Å². The second-order valence-electron chi connectivity index (χ2n) is 1.60. The lowest BCUT2D eigenvalue weighted by Gasteiger charge is -1.89. The number of unbranched alkanes of at least 4 members (excludes halogenated alkanes) is 1. The Morgan fingerprint density at radius 3 is 2.12 bits per heavy atom. The van der Waals surface area contributed by atoms with Crippen LogP contribution in [0.5, 0.6) is 0 Å². The van der Waals surface area contributed by atoms with Gasteiger partial charge in [0.15, 0.2) is 0 Å². The summed E-state index contributed by atoms with van der Waals surface area (Å²) in [6.45, 7) is 1.97. The summed E-state index contributed by atoms with van der Waals surface area (Å²) in [5, 5.41) is 0. The Morgan fingerprint density at radius 1 is 1.50 bits per heavy atom. The quantitative estimate of drug-likeness (QED) is 0.561. The zero-order valence-electron chi connectivity index (χ0n) is 4.72. The molecule has 0 aromatic rings. The average Bonchev–Trinajstić information content (AvgIpc) is 1.59. The molecule has 0 heterocycles. The van der Waals surface area contributed by atoms with Crippen molar-refractivity contribution >= 4 is 28.2 Å². The van der Waals surface area contributed by atoms with Crippen molar-refractivity contribution in [3.8, 4) is 0 Å². The van der Waals surface area contributed by atoms with Gasteiger partial charge in [-0.2, -0.15) is 0 Å². The average molecular weight is 248 g/mol. The maximum Gasteiger partial charge on any atom is 0.203 e. The van der Waals surface area contributed by atoms with Crippen LogP contribution in [0.25, 0.3) is 0 Å². The van der Waals surface area contributed by atoms with E-state index >= 15 is 0 Å². The molecule has 0 spiro atoms. The van der Waals surface area contributed by atoms with Gasteiger partial charge in [0.05, 0.1) is 27.0 Å². The third-order valence-electron chi connectivity index (χ3n) is 0.742. The molecular weight excluding hydrogens is 239 g/mol. The highest BCUT2D eigenvalue weighted by atomic mass is 127. The summed E-state index contributed by atoms with van der Waals surface area (Å²) < 4.78 is 20.8. The first-order chi connectivity index (χ1) is 3.56. The largest absolute Gasteiger partial charge is 0.218 e. The highest BCUT2D eigenvalue weighted by Crippen LogP contribution is 2.03. The molecule has 0 N–H and O–H groups in total. The van der Waals surface area contributed by atoms with E-state index in [0.717, 1.165) is 12.8 Å². The van der Waals surface area contributed by atoms with E-state index in [-0.39, 0.29) is 0 Å². The van der Waals surface area contributed by atoms with E-state index in [2.05, 4.69) is 0 Å². The maximum atomic E-state index is 10.4. The fourth-order valence-electron chi connectivity index (χ4n) is 0.317. The van der Waals surface area contributed by atoms with Gasteiger partial charge in [0, 0.05) is 0 Å². The molecule has 0 amide bonds. The monoisotopic (exact) mass is 248 g/mol. The predicted molar refractivity (Wildman–Crippen MR) is 42.7 cm³/mol. The van der Waals surface area contributed by atoms with Crippen molar-refractivity contribution in [2.24, 2.45) is 0 Å². The Hall–Kier alpha value is 0.680. The first-order valence-corrected chi connectivity index (χ1v) is 6.68. The van der Waals surface area contributed by atoms with Crippen molar-refractivity contribution in [2.45, 2.75) is 19.8 Å². The van der Waals surface area contributed by atoms with Crippen LogP contribution < -0.4 is 0 Å². The number of halogens is 1. The molecule has 0 atom stereocenters. The molecule has 0 unspecified atom stereocenters. The Labute approximate surface area is 62.2 Å². The van der Waals surface area contributed by atoms with Crippen molar-refractivity contribution in [2.75, 3.05) is 5.75 Å². The van der Waals surface area contributed by atoms with Gasteiger partial charge in [-0.25, -0.2) is 8.42 Å². The molecule has 50 valence electrons. The maximum absolute atomic E-state index is 10.4. The van der Waals surface area contributed by atoms with Crippen LogP contribution in [0.4, 0.5) is 0 Å². The molecule has 2 nitrogen and oxygen atoms in total. The Balaban J connectivity index is 3.42. The Morgan fingerprint density at radius 2 is 2.00 bits per heavy atom. The molecular formula is C4H9IO2S. The molecule has 0 fully saturated rings. The lowest BCUT2D eigenvalue weighted by atomic mass is 10.4. The Bertz CT molecular complexity index is 138. The molecule has 0 saturated heterocycles. The molecule has 0 bridgehead atoms. The van der Waals surface area contributed by atoms with Crippen LogP contribution in [0.1, 0.15) is 19.8 Å². The normalized spacial score (nSPS) is 11.8. The minimum absolute atomic E-state index is 0.323. The van der Waals surface area contributed by atoms with Crippen molar-refractivity contribution in [1.29, 1.82) is 0 Å². The van der Waals surface area contributed by atoms with Gasteiger partial charge in [0.2, 0.25) is 7.01 Å². The molecule has 0 saturated carbocycles. The van der Waals surface area contributed by atoms with E-state index in [1.165, 1.54) is 21.2 Å². The molecule has 0 rings (SSSR count). The minimum Gasteiger partial charge on any atom is -0.218 e. The van der Waals surface area contributed by atoms with E-state index < -0.39 is 7.01 Å².